The number of halogens is 1. The molecule has 0 unspecified atom stereocenters. The maximum atomic E-state index is 12.8. The SMILES string of the molecule is CC(=O)N1CCN(CCNC(=O)c2cnc(C)c(NC(=O)c3cnn4cc(Br)sc34)c2)CC1. The zero-order valence-corrected chi connectivity index (χ0v) is 20.7. The summed E-state index contributed by atoms with van der Waals surface area (Å²) in [6, 6.07) is 1.63. The third-order valence-corrected chi connectivity index (χ3v) is 7.13. The first-order chi connectivity index (χ1) is 15.8. The summed E-state index contributed by atoms with van der Waals surface area (Å²) in [6.07, 6.45) is 4.81. The average Bonchev–Trinajstić information content (AvgIpc) is 3.34. The van der Waals surface area contributed by atoms with Crippen LogP contribution in [-0.4, -0.2) is 81.4 Å². The van der Waals surface area contributed by atoms with E-state index >= 15 is 0 Å². The first-order valence-electron chi connectivity index (χ1n) is 10.5. The van der Waals surface area contributed by atoms with Gasteiger partial charge in [-0.15, -0.1) is 11.3 Å². The molecule has 0 atom stereocenters. The van der Waals surface area contributed by atoms with E-state index in [0.717, 1.165) is 21.7 Å². The number of carbonyl (C=O) groups is 3. The minimum Gasteiger partial charge on any atom is -0.351 e. The summed E-state index contributed by atoms with van der Waals surface area (Å²) in [4.78, 5) is 45.9. The second kappa shape index (κ2) is 9.98. The quantitative estimate of drug-likeness (QED) is 0.501. The molecule has 10 nitrogen and oxygen atoms in total. The van der Waals surface area contributed by atoms with Gasteiger partial charge >= 0.3 is 0 Å². The summed E-state index contributed by atoms with van der Waals surface area (Å²) in [6.45, 7) is 7.54. The molecule has 0 aromatic carbocycles. The van der Waals surface area contributed by atoms with Gasteiger partial charge in [-0.05, 0) is 28.9 Å². The Morgan fingerprint density at radius 1 is 1.15 bits per heavy atom. The third kappa shape index (κ3) is 5.40. The number of aromatic nitrogens is 3. The van der Waals surface area contributed by atoms with Crippen molar-refractivity contribution in [1.29, 1.82) is 0 Å². The van der Waals surface area contributed by atoms with E-state index in [0.29, 0.717) is 48.7 Å². The van der Waals surface area contributed by atoms with Gasteiger partial charge in [0.05, 0.1) is 38.7 Å². The number of hydrogen-bond acceptors (Lipinski definition) is 7. The van der Waals surface area contributed by atoms with Gasteiger partial charge in [0.2, 0.25) is 5.91 Å². The Kier molecular flexibility index (Phi) is 7.05. The smallest absolute Gasteiger partial charge is 0.260 e. The summed E-state index contributed by atoms with van der Waals surface area (Å²) >= 11 is 4.81. The number of pyridine rings is 1. The van der Waals surface area contributed by atoms with Crippen molar-refractivity contribution >= 4 is 55.5 Å². The van der Waals surface area contributed by atoms with Crippen molar-refractivity contribution in [1.82, 2.24) is 29.7 Å². The number of rotatable bonds is 6. The molecule has 0 bridgehead atoms. The number of fused-ring (bicyclic) bond motifs is 1. The molecule has 1 aliphatic heterocycles. The van der Waals surface area contributed by atoms with Crippen LogP contribution in [-0.2, 0) is 4.79 Å². The van der Waals surface area contributed by atoms with Gasteiger partial charge < -0.3 is 15.5 Å². The molecule has 0 spiro atoms. The van der Waals surface area contributed by atoms with Crippen molar-refractivity contribution in [2.24, 2.45) is 0 Å². The molecule has 3 amide bonds. The van der Waals surface area contributed by atoms with Crippen molar-refractivity contribution in [2.75, 3.05) is 44.6 Å². The minimum atomic E-state index is -0.313. The van der Waals surface area contributed by atoms with Crippen molar-refractivity contribution < 1.29 is 14.4 Å². The van der Waals surface area contributed by atoms with Crippen LogP contribution in [0.3, 0.4) is 0 Å². The Labute approximate surface area is 203 Å². The van der Waals surface area contributed by atoms with E-state index < -0.39 is 0 Å². The van der Waals surface area contributed by atoms with Crippen LogP contribution in [0.5, 0.6) is 0 Å². The summed E-state index contributed by atoms with van der Waals surface area (Å²) in [5.41, 5.74) is 1.91. The molecular formula is C21H24BrN7O3S. The monoisotopic (exact) mass is 533 g/mol. The molecular weight excluding hydrogens is 510 g/mol. The van der Waals surface area contributed by atoms with Gasteiger partial charge in [0.25, 0.3) is 11.8 Å². The summed E-state index contributed by atoms with van der Waals surface area (Å²) < 4.78 is 2.51. The number of nitrogens with one attached hydrogen (secondary N) is 2. The molecule has 3 aromatic rings. The Morgan fingerprint density at radius 2 is 1.91 bits per heavy atom. The van der Waals surface area contributed by atoms with E-state index in [1.165, 1.54) is 23.7 Å². The van der Waals surface area contributed by atoms with E-state index in [1.54, 1.807) is 30.6 Å². The third-order valence-electron chi connectivity index (χ3n) is 5.54. The number of aryl methyl sites for hydroxylation is 1. The Morgan fingerprint density at radius 3 is 2.64 bits per heavy atom. The van der Waals surface area contributed by atoms with Gasteiger partial charge in [0.1, 0.15) is 4.83 Å². The van der Waals surface area contributed by atoms with Crippen LogP contribution in [0.2, 0.25) is 0 Å². The minimum absolute atomic E-state index is 0.0961. The van der Waals surface area contributed by atoms with Crippen LogP contribution in [0, 0.1) is 6.92 Å². The summed E-state index contributed by atoms with van der Waals surface area (Å²) in [7, 11) is 0. The standard InChI is InChI=1S/C21H24BrN7O3S/c1-13-17(26-20(32)16-11-25-29-12-18(22)33-21(16)29)9-15(10-24-13)19(31)23-3-4-27-5-7-28(8-6-27)14(2)30/h9-12H,3-8H2,1-2H3,(H,23,31)(H,26,32). The molecule has 1 aliphatic rings. The number of nitrogens with zero attached hydrogens (tertiary/aromatic N) is 5. The molecule has 12 heteroatoms. The molecule has 1 saturated heterocycles. The van der Waals surface area contributed by atoms with Crippen molar-refractivity contribution in [3.05, 3.63) is 45.3 Å². The van der Waals surface area contributed by atoms with Gasteiger partial charge in [-0.2, -0.15) is 5.10 Å². The number of thiazole rings is 1. The zero-order valence-electron chi connectivity index (χ0n) is 18.3. The predicted octanol–water partition coefficient (Wildman–Crippen LogP) is 2.01. The van der Waals surface area contributed by atoms with E-state index in [2.05, 4.69) is 41.5 Å². The molecule has 4 rings (SSSR count). The Balaban J connectivity index is 1.34. The van der Waals surface area contributed by atoms with Gasteiger partial charge in [0.15, 0.2) is 0 Å². The van der Waals surface area contributed by atoms with E-state index in [4.69, 9.17) is 0 Å². The summed E-state index contributed by atoms with van der Waals surface area (Å²) in [5.74, 6) is -0.471. The van der Waals surface area contributed by atoms with Gasteiger partial charge in [-0.3, -0.25) is 24.3 Å². The van der Waals surface area contributed by atoms with Crippen molar-refractivity contribution in [3.63, 3.8) is 0 Å². The highest BCUT2D eigenvalue weighted by atomic mass is 79.9. The second-order valence-electron chi connectivity index (χ2n) is 7.76. The molecule has 2 N–H and O–H groups in total. The van der Waals surface area contributed by atoms with Crippen molar-refractivity contribution in [3.8, 4) is 0 Å². The van der Waals surface area contributed by atoms with E-state index in [-0.39, 0.29) is 17.7 Å². The number of amides is 3. The number of anilines is 1. The van der Waals surface area contributed by atoms with Gasteiger partial charge in [-0.25, -0.2) is 4.52 Å². The van der Waals surface area contributed by atoms with Crippen molar-refractivity contribution in [2.45, 2.75) is 13.8 Å². The maximum Gasteiger partial charge on any atom is 0.260 e. The lowest BCUT2D eigenvalue weighted by Gasteiger charge is -2.34. The topological polar surface area (TPSA) is 112 Å². The van der Waals surface area contributed by atoms with E-state index in [1.807, 2.05) is 4.90 Å². The molecule has 1 fully saturated rings. The lowest BCUT2D eigenvalue weighted by atomic mass is 10.2. The van der Waals surface area contributed by atoms with Crippen LogP contribution < -0.4 is 10.6 Å². The molecule has 0 radical (unpaired) electrons. The Bertz CT molecular complexity index is 1200. The number of piperazine rings is 1. The molecule has 4 heterocycles. The fourth-order valence-corrected chi connectivity index (χ4v) is 5.04. The fourth-order valence-electron chi connectivity index (χ4n) is 3.60. The normalized spacial score (nSPS) is 14.5. The molecule has 0 aliphatic carbocycles. The van der Waals surface area contributed by atoms with Crippen LogP contribution in [0.15, 0.2) is 28.4 Å². The highest BCUT2D eigenvalue weighted by Gasteiger charge is 2.19. The van der Waals surface area contributed by atoms with Crippen LogP contribution in [0.1, 0.15) is 33.3 Å². The molecule has 33 heavy (non-hydrogen) atoms. The van der Waals surface area contributed by atoms with Gasteiger partial charge in [-0.1, -0.05) is 0 Å². The van der Waals surface area contributed by atoms with Crippen LogP contribution >= 0.6 is 27.3 Å². The molecule has 3 aromatic heterocycles. The van der Waals surface area contributed by atoms with E-state index in [9.17, 15) is 14.4 Å². The highest BCUT2D eigenvalue weighted by molar-refractivity contribution is 9.11. The maximum absolute atomic E-state index is 12.8. The number of hydrogen-bond donors (Lipinski definition) is 2. The number of carbonyl (C=O) groups excluding carboxylic acids is 3. The second-order valence-corrected chi connectivity index (χ2v) is 10.2. The van der Waals surface area contributed by atoms with Crippen LogP contribution in [0.4, 0.5) is 5.69 Å². The predicted molar refractivity (Wildman–Crippen MR) is 129 cm³/mol. The zero-order chi connectivity index (χ0) is 23.5. The highest BCUT2D eigenvalue weighted by Crippen LogP contribution is 2.26. The lowest BCUT2D eigenvalue weighted by molar-refractivity contribution is -0.130. The largest absolute Gasteiger partial charge is 0.351 e. The first kappa shape index (κ1) is 23.3. The molecule has 0 saturated carbocycles. The molecule has 174 valence electrons. The lowest BCUT2D eigenvalue weighted by Crippen LogP contribution is -2.49. The first-order valence-corrected chi connectivity index (χ1v) is 12.1. The average molecular weight is 534 g/mol. The fraction of sp³-hybridized carbons (Fsp3) is 0.381. The Hall–Kier alpha value is -2.83. The van der Waals surface area contributed by atoms with Crippen LogP contribution in [0.25, 0.3) is 4.83 Å². The van der Waals surface area contributed by atoms with Gasteiger partial charge in [0, 0.05) is 52.4 Å². The summed E-state index contributed by atoms with van der Waals surface area (Å²) in [5, 5.41) is 9.94.